The Morgan fingerprint density at radius 2 is 2.00 bits per heavy atom. The maximum Gasteiger partial charge on any atom is 0.171 e. The highest BCUT2D eigenvalue weighted by Crippen LogP contribution is 2.39. The molecule has 0 saturated carbocycles. The van der Waals surface area contributed by atoms with Crippen LogP contribution in [0.5, 0.6) is 0 Å². The molecule has 16 heavy (non-hydrogen) atoms. The van der Waals surface area contributed by atoms with E-state index in [0.717, 1.165) is 16.5 Å². The van der Waals surface area contributed by atoms with Crippen LogP contribution in [0.25, 0.3) is 0 Å². The molecule has 0 radical (unpaired) electrons. The van der Waals surface area contributed by atoms with Crippen molar-refractivity contribution in [2.24, 2.45) is 5.41 Å². The maximum absolute atomic E-state index is 11.9. The molecule has 0 aromatic carbocycles. The minimum Gasteiger partial charge on any atom is -0.377 e. The first kappa shape index (κ1) is 14.0. The van der Waals surface area contributed by atoms with Crippen molar-refractivity contribution in [3.05, 3.63) is 9.28 Å². The molecule has 0 bridgehead atoms. The van der Waals surface area contributed by atoms with Gasteiger partial charge in [-0.3, -0.25) is 4.79 Å². The van der Waals surface area contributed by atoms with Crippen molar-refractivity contribution < 1.29 is 4.79 Å². The second-order valence-corrected chi connectivity index (χ2v) is 6.56. The van der Waals surface area contributed by atoms with Gasteiger partial charge in [0.15, 0.2) is 5.78 Å². The molecule has 3 heteroatoms. The second-order valence-electron chi connectivity index (χ2n) is 5.48. The molecule has 0 N–H and O–H groups in total. The number of carbonyl (C=O) groups excluding carboxylic acids is 1. The summed E-state index contributed by atoms with van der Waals surface area (Å²) in [6.45, 7) is 7.62. The second kappa shape index (κ2) is 5.52. The van der Waals surface area contributed by atoms with E-state index >= 15 is 0 Å². The van der Waals surface area contributed by atoms with Crippen LogP contribution in [0.15, 0.2) is 9.28 Å². The number of hydrogen-bond acceptors (Lipinski definition) is 2. The zero-order chi connectivity index (χ0) is 12.3. The largest absolute Gasteiger partial charge is 0.377 e. The van der Waals surface area contributed by atoms with Gasteiger partial charge in [-0.15, -0.1) is 0 Å². The van der Waals surface area contributed by atoms with E-state index in [1.807, 2.05) is 0 Å². The summed E-state index contributed by atoms with van der Waals surface area (Å²) in [6, 6.07) is 0. The first-order valence-corrected chi connectivity index (χ1v) is 7.08. The normalized spacial score (nSPS) is 20.2. The number of nitrogens with zero attached hydrogens (tertiary/aromatic N) is 1. The zero-order valence-corrected chi connectivity index (χ0v) is 12.9. The number of ketones is 1. The van der Waals surface area contributed by atoms with E-state index in [1.54, 1.807) is 0 Å². The van der Waals surface area contributed by atoms with Gasteiger partial charge in [0.2, 0.25) is 0 Å². The molecular weight excluding hydrogens is 313 g/mol. The van der Waals surface area contributed by atoms with Crippen LogP contribution in [0.4, 0.5) is 0 Å². The molecule has 0 heterocycles. The average molecular weight is 335 g/mol. The lowest BCUT2D eigenvalue weighted by Crippen LogP contribution is -2.31. The molecule has 0 aromatic rings. The van der Waals surface area contributed by atoms with Crippen molar-refractivity contribution >= 4 is 28.4 Å². The van der Waals surface area contributed by atoms with E-state index in [2.05, 4.69) is 55.3 Å². The molecule has 1 aliphatic rings. The summed E-state index contributed by atoms with van der Waals surface area (Å²) >= 11 is 2.22. The number of rotatable bonds is 4. The van der Waals surface area contributed by atoms with Crippen LogP contribution in [-0.2, 0) is 4.79 Å². The molecule has 0 atom stereocenters. The first-order chi connectivity index (χ1) is 7.37. The van der Waals surface area contributed by atoms with Crippen LogP contribution in [0.3, 0.4) is 0 Å². The highest BCUT2D eigenvalue weighted by atomic mass is 127. The minimum absolute atomic E-state index is 0.127. The van der Waals surface area contributed by atoms with Crippen LogP contribution < -0.4 is 0 Å². The Balaban J connectivity index is 2.83. The molecule has 1 rings (SSSR count). The Morgan fingerprint density at radius 3 is 2.56 bits per heavy atom. The number of carbonyl (C=O) groups is 1. The fourth-order valence-corrected chi connectivity index (χ4v) is 2.89. The molecule has 0 aliphatic heterocycles. The van der Waals surface area contributed by atoms with Gasteiger partial charge in [-0.25, -0.2) is 0 Å². The third-order valence-corrected chi connectivity index (χ3v) is 4.32. The van der Waals surface area contributed by atoms with Crippen molar-refractivity contribution in [1.29, 1.82) is 0 Å². The Kier molecular flexibility index (Phi) is 4.83. The van der Waals surface area contributed by atoms with E-state index in [1.165, 1.54) is 18.5 Å². The molecular formula is C13H22INO. The molecule has 0 saturated heterocycles. The number of Topliss-reactive ketones (excluding diaryl/α,β-unsaturated/α-hetero) is 1. The summed E-state index contributed by atoms with van der Waals surface area (Å²) in [5.41, 5.74) is 1.37. The van der Waals surface area contributed by atoms with Crippen molar-refractivity contribution in [3.8, 4) is 0 Å². The van der Waals surface area contributed by atoms with Crippen LogP contribution in [0.2, 0.25) is 0 Å². The van der Waals surface area contributed by atoms with E-state index < -0.39 is 0 Å². The lowest BCUT2D eigenvalue weighted by Gasteiger charge is -2.35. The lowest BCUT2D eigenvalue weighted by atomic mass is 9.78. The Hall–Kier alpha value is -0.0600. The predicted molar refractivity (Wildman–Crippen MR) is 76.6 cm³/mol. The average Bonchev–Trinajstić information content (AvgIpc) is 2.19. The van der Waals surface area contributed by atoms with Crippen molar-refractivity contribution in [3.63, 3.8) is 0 Å². The summed E-state index contributed by atoms with van der Waals surface area (Å²) in [7, 11) is 2.11. The van der Waals surface area contributed by atoms with Gasteiger partial charge < -0.3 is 4.90 Å². The fourth-order valence-electron chi connectivity index (χ4n) is 2.10. The molecule has 0 aromatic heterocycles. The zero-order valence-electron chi connectivity index (χ0n) is 10.8. The van der Waals surface area contributed by atoms with Gasteiger partial charge in [0.1, 0.15) is 0 Å². The molecule has 1 aliphatic carbocycles. The van der Waals surface area contributed by atoms with Crippen molar-refractivity contribution in [2.45, 2.75) is 46.5 Å². The van der Waals surface area contributed by atoms with Crippen molar-refractivity contribution in [2.75, 3.05) is 13.6 Å². The Morgan fingerprint density at radius 1 is 1.38 bits per heavy atom. The highest BCUT2D eigenvalue weighted by Gasteiger charge is 2.33. The van der Waals surface area contributed by atoms with Gasteiger partial charge in [0, 0.05) is 25.7 Å². The quantitative estimate of drug-likeness (QED) is 0.729. The summed E-state index contributed by atoms with van der Waals surface area (Å²) in [5.74, 6) is 0.315. The number of unbranched alkanes of at least 4 members (excludes halogenated alkanes) is 1. The van der Waals surface area contributed by atoms with Crippen LogP contribution >= 0.6 is 22.6 Å². The molecule has 92 valence electrons. The van der Waals surface area contributed by atoms with Gasteiger partial charge in [-0.1, -0.05) is 27.2 Å². The topological polar surface area (TPSA) is 20.3 Å². The fraction of sp³-hybridized carbons (Fsp3) is 0.769. The van der Waals surface area contributed by atoms with Gasteiger partial charge in [-0.05, 0) is 40.8 Å². The van der Waals surface area contributed by atoms with E-state index in [0.29, 0.717) is 12.2 Å². The van der Waals surface area contributed by atoms with E-state index in [-0.39, 0.29) is 5.41 Å². The first-order valence-electron chi connectivity index (χ1n) is 6.00. The molecule has 0 spiro atoms. The predicted octanol–water partition coefficient (Wildman–Crippen LogP) is 3.75. The third-order valence-electron chi connectivity index (χ3n) is 3.09. The van der Waals surface area contributed by atoms with Gasteiger partial charge in [-0.2, -0.15) is 0 Å². The molecule has 0 unspecified atom stereocenters. The molecule has 0 amide bonds. The van der Waals surface area contributed by atoms with Gasteiger partial charge in [0.25, 0.3) is 0 Å². The standard InChI is InChI=1S/C13H22INO/c1-5-6-7-15(4)10-8-13(2,3)9-11(16)12(10)14/h5-9H2,1-4H3. The van der Waals surface area contributed by atoms with E-state index in [9.17, 15) is 4.79 Å². The Labute approximate surface area is 113 Å². The summed E-state index contributed by atoms with van der Waals surface area (Å²) in [5, 5.41) is 0. The summed E-state index contributed by atoms with van der Waals surface area (Å²) in [6.07, 6.45) is 4.11. The van der Waals surface area contributed by atoms with Crippen LogP contribution in [-0.4, -0.2) is 24.3 Å². The SMILES string of the molecule is CCCCN(C)C1=C(I)C(=O)CC(C)(C)C1. The monoisotopic (exact) mass is 335 g/mol. The Bertz CT molecular complexity index is 307. The maximum atomic E-state index is 11.9. The van der Waals surface area contributed by atoms with Gasteiger partial charge in [0.05, 0.1) is 3.58 Å². The van der Waals surface area contributed by atoms with E-state index in [4.69, 9.17) is 0 Å². The molecule has 0 fully saturated rings. The molecule has 2 nitrogen and oxygen atoms in total. The smallest absolute Gasteiger partial charge is 0.171 e. The van der Waals surface area contributed by atoms with Gasteiger partial charge >= 0.3 is 0 Å². The van der Waals surface area contributed by atoms with Crippen LogP contribution in [0, 0.1) is 5.41 Å². The highest BCUT2D eigenvalue weighted by molar-refractivity contribution is 14.1. The lowest BCUT2D eigenvalue weighted by molar-refractivity contribution is -0.117. The summed E-state index contributed by atoms with van der Waals surface area (Å²) < 4.78 is 0.954. The summed E-state index contributed by atoms with van der Waals surface area (Å²) in [4.78, 5) is 14.2. The number of allylic oxidation sites excluding steroid dienone is 2. The van der Waals surface area contributed by atoms with Crippen molar-refractivity contribution in [1.82, 2.24) is 4.90 Å². The number of hydrogen-bond donors (Lipinski definition) is 0. The van der Waals surface area contributed by atoms with Crippen LogP contribution in [0.1, 0.15) is 46.5 Å². The minimum atomic E-state index is 0.127. The number of halogens is 1. The third kappa shape index (κ3) is 3.47.